The molecule has 12 heavy (non-hydrogen) atoms. The van der Waals surface area contributed by atoms with Crippen LogP contribution in [0.2, 0.25) is 0 Å². The number of hydrogen-bond donors (Lipinski definition) is 0. The van der Waals surface area contributed by atoms with Crippen molar-refractivity contribution in [1.82, 2.24) is 0 Å². The summed E-state index contributed by atoms with van der Waals surface area (Å²) < 4.78 is 10.9. The summed E-state index contributed by atoms with van der Waals surface area (Å²) in [7, 11) is -0.769. The van der Waals surface area contributed by atoms with Crippen molar-refractivity contribution < 1.29 is 4.21 Å². The summed E-state index contributed by atoms with van der Waals surface area (Å²) in [4.78, 5) is 0. The zero-order valence-electron chi connectivity index (χ0n) is 7.85. The molecule has 3 heteroatoms. The van der Waals surface area contributed by atoms with Gasteiger partial charge in [0.05, 0.1) is 5.21 Å². The first kappa shape index (κ1) is 12.4. The fourth-order valence-corrected chi connectivity index (χ4v) is 2.06. The van der Waals surface area contributed by atoms with E-state index in [4.69, 9.17) is 11.6 Å². The van der Waals surface area contributed by atoms with E-state index in [1.165, 1.54) is 32.1 Å². The lowest BCUT2D eigenvalue weighted by atomic mass is 10.1. The summed E-state index contributed by atoms with van der Waals surface area (Å²) in [6, 6.07) is 0. The van der Waals surface area contributed by atoms with Crippen molar-refractivity contribution in [3.8, 4) is 0 Å². The summed E-state index contributed by atoms with van der Waals surface area (Å²) in [6.45, 7) is 2.21. The van der Waals surface area contributed by atoms with Crippen LogP contribution >= 0.6 is 11.6 Å². The van der Waals surface area contributed by atoms with Gasteiger partial charge >= 0.3 is 0 Å². The molecular formula is C9H19ClOS. The molecule has 74 valence electrons. The normalized spacial score (nSPS) is 13.2. The van der Waals surface area contributed by atoms with Gasteiger partial charge in [-0.15, -0.1) is 11.6 Å². The van der Waals surface area contributed by atoms with Gasteiger partial charge in [0.25, 0.3) is 0 Å². The summed E-state index contributed by atoms with van der Waals surface area (Å²) in [6.07, 6.45) is 7.51. The third-order valence-corrected chi connectivity index (χ3v) is 3.56. The Morgan fingerprint density at radius 2 is 1.67 bits per heavy atom. The maximum absolute atomic E-state index is 10.9. The largest absolute Gasteiger partial charge is 0.258 e. The molecule has 0 aliphatic carbocycles. The Kier molecular flexibility index (Phi) is 9.88. The zero-order chi connectivity index (χ0) is 9.23. The first-order valence-electron chi connectivity index (χ1n) is 4.72. The van der Waals surface area contributed by atoms with Crippen molar-refractivity contribution >= 4 is 22.4 Å². The molecule has 0 saturated heterocycles. The van der Waals surface area contributed by atoms with Crippen LogP contribution < -0.4 is 0 Å². The smallest absolute Gasteiger partial charge is 0.0979 e. The molecule has 0 fully saturated rings. The van der Waals surface area contributed by atoms with E-state index in [1.807, 2.05) is 0 Å². The highest BCUT2D eigenvalue weighted by Crippen LogP contribution is 2.05. The van der Waals surface area contributed by atoms with Crippen LogP contribution in [0.4, 0.5) is 0 Å². The van der Waals surface area contributed by atoms with Gasteiger partial charge in [0.1, 0.15) is 0 Å². The second-order valence-corrected chi connectivity index (χ2v) is 5.18. The molecule has 1 atom stereocenters. The summed E-state index contributed by atoms with van der Waals surface area (Å²) in [5, 5.41) is 0.301. The number of hydrogen-bond acceptors (Lipinski definition) is 1. The molecule has 0 aliphatic heterocycles. The van der Waals surface area contributed by atoms with Gasteiger partial charge in [0.2, 0.25) is 0 Å². The lowest BCUT2D eigenvalue weighted by molar-refractivity contribution is 0.622. The molecule has 1 nitrogen and oxygen atoms in total. The van der Waals surface area contributed by atoms with E-state index in [0.717, 1.165) is 12.2 Å². The molecular weight excluding hydrogens is 192 g/mol. The van der Waals surface area contributed by atoms with Crippen LogP contribution in [0.5, 0.6) is 0 Å². The van der Waals surface area contributed by atoms with Gasteiger partial charge < -0.3 is 0 Å². The highest BCUT2D eigenvalue weighted by atomic mass is 35.5. The predicted octanol–water partition coefficient (Wildman–Crippen LogP) is 3.29. The van der Waals surface area contributed by atoms with Crippen LogP contribution in [0.3, 0.4) is 0 Å². The maximum Gasteiger partial charge on any atom is 0.0979 e. The first-order valence-corrected chi connectivity index (χ1v) is 6.74. The Morgan fingerprint density at radius 3 is 2.25 bits per heavy atom. The van der Waals surface area contributed by atoms with Gasteiger partial charge in [-0.3, -0.25) is 4.21 Å². The number of alkyl halides is 1. The quantitative estimate of drug-likeness (QED) is 0.444. The zero-order valence-corrected chi connectivity index (χ0v) is 9.42. The van der Waals surface area contributed by atoms with Crippen LogP contribution in [0, 0.1) is 0 Å². The fourth-order valence-electron chi connectivity index (χ4n) is 1.10. The molecule has 0 radical (unpaired) electrons. The maximum atomic E-state index is 10.9. The van der Waals surface area contributed by atoms with Crippen LogP contribution in [-0.2, 0) is 10.8 Å². The Morgan fingerprint density at radius 1 is 1.08 bits per heavy atom. The third kappa shape index (κ3) is 8.54. The molecule has 0 rings (SSSR count). The monoisotopic (exact) mass is 210 g/mol. The minimum absolute atomic E-state index is 0.301. The van der Waals surface area contributed by atoms with Gasteiger partial charge in [0, 0.05) is 16.6 Å². The second-order valence-electron chi connectivity index (χ2n) is 3.02. The summed E-state index contributed by atoms with van der Waals surface area (Å²) in [5.74, 6) is 0.787. The molecule has 0 N–H and O–H groups in total. The van der Waals surface area contributed by atoms with E-state index in [-0.39, 0.29) is 0 Å². The fraction of sp³-hybridized carbons (Fsp3) is 1.00. The van der Waals surface area contributed by atoms with Gasteiger partial charge in [-0.1, -0.05) is 39.0 Å². The number of unbranched alkanes of at least 4 members (excludes halogenated alkanes) is 5. The molecule has 0 amide bonds. The highest BCUT2D eigenvalue weighted by Gasteiger charge is 1.96. The Labute approximate surface area is 83.3 Å². The molecule has 0 saturated carbocycles. The average Bonchev–Trinajstić information content (AvgIpc) is 2.10. The SMILES string of the molecule is CCCCCCCCS(=O)CCl. The van der Waals surface area contributed by atoms with Crippen LogP contribution in [0.15, 0.2) is 0 Å². The van der Waals surface area contributed by atoms with Crippen molar-refractivity contribution in [2.45, 2.75) is 45.4 Å². The molecule has 0 spiro atoms. The molecule has 0 aromatic rings. The Bertz CT molecular complexity index is 117. The minimum Gasteiger partial charge on any atom is -0.258 e. The van der Waals surface area contributed by atoms with Crippen LogP contribution in [-0.4, -0.2) is 15.2 Å². The molecule has 0 aliphatic rings. The molecule has 0 bridgehead atoms. The van der Waals surface area contributed by atoms with Crippen molar-refractivity contribution in [2.75, 3.05) is 11.0 Å². The average molecular weight is 211 g/mol. The van der Waals surface area contributed by atoms with Gasteiger partial charge in [-0.05, 0) is 6.42 Å². The van der Waals surface area contributed by atoms with Gasteiger partial charge in [-0.2, -0.15) is 0 Å². The lowest BCUT2D eigenvalue weighted by Gasteiger charge is -1.99. The summed E-state index contributed by atoms with van der Waals surface area (Å²) >= 11 is 5.41. The van der Waals surface area contributed by atoms with Gasteiger partial charge in [-0.25, -0.2) is 0 Å². The first-order chi connectivity index (χ1) is 5.81. The Balaban J connectivity index is 2.95. The predicted molar refractivity (Wildman–Crippen MR) is 57.1 cm³/mol. The number of rotatable bonds is 8. The van der Waals surface area contributed by atoms with E-state index < -0.39 is 10.8 Å². The van der Waals surface area contributed by atoms with Crippen LogP contribution in [0.25, 0.3) is 0 Å². The van der Waals surface area contributed by atoms with Crippen molar-refractivity contribution in [3.63, 3.8) is 0 Å². The van der Waals surface area contributed by atoms with E-state index in [0.29, 0.717) is 5.21 Å². The van der Waals surface area contributed by atoms with Crippen molar-refractivity contribution in [1.29, 1.82) is 0 Å². The second kappa shape index (κ2) is 9.53. The van der Waals surface area contributed by atoms with Crippen molar-refractivity contribution in [3.05, 3.63) is 0 Å². The van der Waals surface area contributed by atoms with Gasteiger partial charge in [0.15, 0.2) is 0 Å². The molecule has 1 unspecified atom stereocenters. The summed E-state index contributed by atoms with van der Waals surface area (Å²) in [5.41, 5.74) is 0. The van der Waals surface area contributed by atoms with E-state index in [2.05, 4.69) is 6.92 Å². The number of halogens is 1. The third-order valence-electron chi connectivity index (χ3n) is 1.85. The molecule has 0 aromatic carbocycles. The van der Waals surface area contributed by atoms with Crippen molar-refractivity contribution in [2.24, 2.45) is 0 Å². The van der Waals surface area contributed by atoms with E-state index >= 15 is 0 Å². The highest BCUT2D eigenvalue weighted by molar-refractivity contribution is 7.86. The van der Waals surface area contributed by atoms with Crippen LogP contribution in [0.1, 0.15) is 45.4 Å². The molecule has 0 aromatic heterocycles. The topological polar surface area (TPSA) is 17.1 Å². The van der Waals surface area contributed by atoms with E-state index in [9.17, 15) is 4.21 Å². The standard InChI is InChI=1S/C9H19ClOS/c1-2-3-4-5-6-7-8-12(11)9-10/h2-9H2,1H3. The molecule has 0 heterocycles. The minimum atomic E-state index is -0.769. The lowest BCUT2D eigenvalue weighted by Crippen LogP contribution is -1.97. The van der Waals surface area contributed by atoms with E-state index in [1.54, 1.807) is 0 Å². The Hall–Kier alpha value is 0.440.